The molecular weight excluding hydrogens is 430 g/mol. The maximum atomic E-state index is 13.8. The molecule has 2 aromatic heterocycles. The Kier molecular flexibility index (Phi) is 6.84. The van der Waals surface area contributed by atoms with Crippen LogP contribution in [0, 0.1) is 0 Å². The largest absolute Gasteiger partial charge is 0.481 e. The second kappa shape index (κ2) is 9.81. The van der Waals surface area contributed by atoms with Gasteiger partial charge in [-0.05, 0) is 51.8 Å². The molecule has 1 fully saturated rings. The Morgan fingerprint density at radius 3 is 2.56 bits per heavy atom. The van der Waals surface area contributed by atoms with Crippen LogP contribution in [0.5, 0.6) is 11.8 Å². The average Bonchev–Trinajstić information content (AvgIpc) is 2.84. The van der Waals surface area contributed by atoms with Crippen LogP contribution in [0.1, 0.15) is 49.5 Å². The van der Waals surface area contributed by atoms with Gasteiger partial charge in [0.15, 0.2) is 0 Å². The Balaban J connectivity index is 1.61. The first-order valence-corrected chi connectivity index (χ1v) is 11.5. The van der Waals surface area contributed by atoms with Gasteiger partial charge in [-0.25, -0.2) is 9.97 Å². The molecule has 1 aliphatic heterocycles. The number of rotatable bonds is 6. The molecule has 7 nitrogen and oxygen atoms in total. The van der Waals surface area contributed by atoms with E-state index in [0.717, 1.165) is 18.4 Å². The van der Waals surface area contributed by atoms with Crippen molar-refractivity contribution < 1.29 is 19.4 Å². The van der Waals surface area contributed by atoms with E-state index in [-0.39, 0.29) is 18.1 Å². The zero-order valence-electron chi connectivity index (χ0n) is 20.1. The molecule has 4 rings (SSSR count). The number of amides is 1. The first-order valence-electron chi connectivity index (χ1n) is 11.5. The van der Waals surface area contributed by atoms with Crippen molar-refractivity contribution in [2.45, 2.75) is 51.4 Å². The van der Waals surface area contributed by atoms with Crippen LogP contribution in [0.25, 0.3) is 11.3 Å². The maximum absolute atomic E-state index is 13.8. The Morgan fingerprint density at radius 2 is 1.85 bits per heavy atom. The summed E-state index contributed by atoms with van der Waals surface area (Å²) < 4.78 is 11.5. The van der Waals surface area contributed by atoms with Crippen molar-refractivity contribution in [2.75, 3.05) is 13.7 Å². The highest BCUT2D eigenvalue weighted by atomic mass is 16.5. The van der Waals surface area contributed by atoms with Crippen LogP contribution in [0.4, 0.5) is 0 Å². The highest BCUT2D eigenvalue weighted by molar-refractivity contribution is 6.00. The van der Waals surface area contributed by atoms with E-state index in [9.17, 15) is 9.90 Å². The molecule has 2 atom stereocenters. The number of nitrogens with zero attached hydrogens (tertiary/aromatic N) is 3. The van der Waals surface area contributed by atoms with Gasteiger partial charge in [-0.15, -0.1) is 0 Å². The number of methoxy groups -OCH3 is 1. The molecule has 0 saturated carbocycles. The van der Waals surface area contributed by atoms with Crippen molar-refractivity contribution in [1.29, 1.82) is 0 Å². The highest BCUT2D eigenvalue weighted by Crippen LogP contribution is 2.31. The van der Waals surface area contributed by atoms with Crippen molar-refractivity contribution in [2.24, 2.45) is 0 Å². The normalized spacial score (nSPS) is 18.4. The zero-order chi connectivity index (χ0) is 24.3. The van der Waals surface area contributed by atoms with Crippen LogP contribution in [-0.2, 0) is 5.60 Å². The number of aromatic nitrogens is 2. The van der Waals surface area contributed by atoms with Crippen molar-refractivity contribution in [3.8, 4) is 23.0 Å². The molecule has 0 radical (unpaired) electrons. The predicted molar refractivity (Wildman–Crippen MR) is 130 cm³/mol. The van der Waals surface area contributed by atoms with Gasteiger partial charge in [-0.1, -0.05) is 30.3 Å². The molecule has 0 bridgehead atoms. The fraction of sp³-hybridized carbons (Fsp3) is 0.370. The molecule has 3 heterocycles. The lowest BCUT2D eigenvalue weighted by molar-refractivity contribution is 0.0326. The minimum atomic E-state index is -1.08. The second-order valence-corrected chi connectivity index (χ2v) is 9.15. The summed E-state index contributed by atoms with van der Waals surface area (Å²) in [5.41, 5.74) is 1.51. The molecule has 0 unspecified atom stereocenters. The van der Waals surface area contributed by atoms with Crippen LogP contribution in [0.3, 0.4) is 0 Å². The molecular formula is C27H31N3O4. The smallest absolute Gasteiger partial charge is 0.256 e. The first kappa shape index (κ1) is 23.7. The van der Waals surface area contributed by atoms with E-state index in [1.807, 2.05) is 41.3 Å². The Morgan fingerprint density at radius 1 is 1.09 bits per heavy atom. The third kappa shape index (κ3) is 5.04. The van der Waals surface area contributed by atoms with Crippen LogP contribution >= 0.6 is 0 Å². The maximum Gasteiger partial charge on any atom is 0.256 e. The Bertz CT molecular complexity index is 1140. The average molecular weight is 462 g/mol. The van der Waals surface area contributed by atoms with E-state index in [4.69, 9.17) is 9.47 Å². The predicted octanol–water partition coefficient (Wildman–Crippen LogP) is 4.45. The fourth-order valence-electron chi connectivity index (χ4n) is 4.26. The summed E-state index contributed by atoms with van der Waals surface area (Å²) in [5.74, 6) is 0.759. The number of likely N-dealkylation sites (tertiary alicyclic amines) is 1. The molecule has 0 spiro atoms. The van der Waals surface area contributed by atoms with Gasteiger partial charge < -0.3 is 19.5 Å². The van der Waals surface area contributed by atoms with Crippen molar-refractivity contribution in [3.05, 3.63) is 71.9 Å². The number of benzene rings is 1. The number of carbonyl (C=O) groups is 1. The molecule has 0 aliphatic carbocycles. The number of ether oxygens (including phenoxy) is 2. The second-order valence-electron chi connectivity index (χ2n) is 9.15. The third-order valence-corrected chi connectivity index (χ3v) is 6.16. The molecule has 7 heteroatoms. The monoisotopic (exact) mass is 461 g/mol. The van der Waals surface area contributed by atoms with Crippen molar-refractivity contribution in [3.63, 3.8) is 0 Å². The van der Waals surface area contributed by atoms with Crippen molar-refractivity contribution >= 4 is 5.91 Å². The number of pyridine rings is 2. The summed E-state index contributed by atoms with van der Waals surface area (Å²) >= 11 is 0. The lowest BCUT2D eigenvalue weighted by Gasteiger charge is -2.38. The minimum absolute atomic E-state index is 0.0514. The van der Waals surface area contributed by atoms with E-state index in [2.05, 4.69) is 16.9 Å². The highest BCUT2D eigenvalue weighted by Gasteiger charge is 2.33. The van der Waals surface area contributed by atoms with Crippen LogP contribution in [-0.4, -0.2) is 51.7 Å². The summed E-state index contributed by atoms with van der Waals surface area (Å²) in [6.07, 6.45) is 3.00. The summed E-state index contributed by atoms with van der Waals surface area (Å²) in [5, 5.41) is 10.5. The molecule has 34 heavy (non-hydrogen) atoms. The standard InChI is InChI=1S/C27H31N3O4/c1-18-12-13-20(34-25-22(27(2,3)32)11-8-16-28-25)17-30(18)26(31)21-14-15-23(33-4)29-24(21)19-9-6-5-7-10-19/h5-11,14-16,18,20,32H,12-13,17H2,1-4H3/t18-,20-/m1/s1. The van der Waals surface area contributed by atoms with Gasteiger partial charge in [0.1, 0.15) is 6.10 Å². The number of carbonyl (C=O) groups excluding carboxylic acids is 1. The van der Waals surface area contributed by atoms with Gasteiger partial charge in [0.25, 0.3) is 5.91 Å². The molecule has 1 N–H and O–H groups in total. The van der Waals surface area contributed by atoms with E-state index in [0.29, 0.717) is 35.1 Å². The third-order valence-electron chi connectivity index (χ3n) is 6.16. The SMILES string of the molecule is COc1ccc(C(=O)N2C[C@H](Oc3ncccc3C(C)(C)O)CC[C@H]2C)c(-c2ccccc2)n1. The zero-order valence-corrected chi connectivity index (χ0v) is 20.1. The quantitative estimate of drug-likeness (QED) is 0.584. The van der Waals surface area contributed by atoms with Crippen LogP contribution in [0.2, 0.25) is 0 Å². The minimum Gasteiger partial charge on any atom is -0.481 e. The van der Waals surface area contributed by atoms with Crippen LogP contribution in [0.15, 0.2) is 60.8 Å². The topological polar surface area (TPSA) is 84.8 Å². The lowest BCUT2D eigenvalue weighted by atomic mass is 9.97. The number of aliphatic hydroxyl groups is 1. The van der Waals surface area contributed by atoms with Gasteiger partial charge in [0.05, 0.1) is 30.5 Å². The summed E-state index contributed by atoms with van der Waals surface area (Å²) in [6.45, 7) is 5.88. The Labute approximate surface area is 200 Å². The Hall–Kier alpha value is -3.45. The first-order chi connectivity index (χ1) is 16.3. The summed E-state index contributed by atoms with van der Waals surface area (Å²) in [4.78, 5) is 24.5. The van der Waals surface area contributed by atoms with Gasteiger partial charge in [0, 0.05) is 29.4 Å². The molecule has 1 aromatic carbocycles. The van der Waals surface area contributed by atoms with E-state index >= 15 is 0 Å². The number of hydrogen-bond acceptors (Lipinski definition) is 6. The van der Waals surface area contributed by atoms with Crippen LogP contribution < -0.4 is 9.47 Å². The summed E-state index contributed by atoms with van der Waals surface area (Å²) in [6, 6.07) is 16.8. The summed E-state index contributed by atoms with van der Waals surface area (Å²) in [7, 11) is 1.56. The van der Waals surface area contributed by atoms with Gasteiger partial charge in [0.2, 0.25) is 11.8 Å². The molecule has 1 aliphatic rings. The van der Waals surface area contributed by atoms with E-state index < -0.39 is 5.60 Å². The molecule has 1 amide bonds. The molecule has 3 aromatic rings. The lowest BCUT2D eigenvalue weighted by Crippen LogP contribution is -2.49. The molecule has 178 valence electrons. The fourth-order valence-corrected chi connectivity index (χ4v) is 4.26. The van der Waals surface area contributed by atoms with Gasteiger partial charge in [-0.3, -0.25) is 4.79 Å². The van der Waals surface area contributed by atoms with E-state index in [1.54, 1.807) is 45.4 Å². The number of piperidine rings is 1. The molecule has 1 saturated heterocycles. The van der Waals surface area contributed by atoms with Gasteiger partial charge >= 0.3 is 0 Å². The number of hydrogen-bond donors (Lipinski definition) is 1. The van der Waals surface area contributed by atoms with Crippen molar-refractivity contribution in [1.82, 2.24) is 14.9 Å². The van der Waals surface area contributed by atoms with Gasteiger partial charge in [-0.2, -0.15) is 0 Å². The van der Waals surface area contributed by atoms with E-state index in [1.165, 1.54) is 0 Å².